The molecule has 1 aliphatic rings. The molecule has 0 saturated carbocycles. The summed E-state index contributed by atoms with van der Waals surface area (Å²) in [5.41, 5.74) is 1.60. The van der Waals surface area contributed by atoms with Crippen LogP contribution in [0.3, 0.4) is 0 Å². The number of piperidine rings is 1. The van der Waals surface area contributed by atoms with Crippen LogP contribution >= 0.6 is 0 Å². The van der Waals surface area contributed by atoms with Gasteiger partial charge in [0.15, 0.2) is 0 Å². The van der Waals surface area contributed by atoms with Gasteiger partial charge in [0.25, 0.3) is 5.91 Å². The van der Waals surface area contributed by atoms with Gasteiger partial charge in [0, 0.05) is 37.1 Å². The van der Waals surface area contributed by atoms with Crippen molar-refractivity contribution in [3.8, 4) is 0 Å². The first kappa shape index (κ1) is 17.5. The van der Waals surface area contributed by atoms with Crippen molar-refractivity contribution < 1.29 is 14.7 Å². The molecule has 6 heteroatoms. The van der Waals surface area contributed by atoms with E-state index in [0.717, 1.165) is 5.69 Å². The maximum absolute atomic E-state index is 12.9. The van der Waals surface area contributed by atoms with Gasteiger partial charge in [0.2, 0.25) is 0 Å². The van der Waals surface area contributed by atoms with Crippen molar-refractivity contribution in [3.63, 3.8) is 0 Å². The zero-order valence-corrected chi connectivity index (χ0v) is 14.6. The highest BCUT2D eigenvalue weighted by Gasteiger charge is 2.35. The molecule has 6 nitrogen and oxygen atoms in total. The van der Waals surface area contributed by atoms with E-state index in [0.29, 0.717) is 24.6 Å². The predicted molar refractivity (Wildman–Crippen MR) is 88.7 cm³/mol. The largest absolute Gasteiger partial charge is 0.481 e. The van der Waals surface area contributed by atoms with Crippen LogP contribution in [0.25, 0.3) is 0 Å². The third-order valence-corrected chi connectivity index (χ3v) is 4.76. The molecular weight excluding hydrogens is 294 g/mol. The predicted octanol–water partition coefficient (Wildman–Crippen LogP) is 1.85. The number of nitrogens with zero attached hydrogens (tertiary/aromatic N) is 3. The van der Waals surface area contributed by atoms with E-state index < -0.39 is 11.9 Å². The van der Waals surface area contributed by atoms with E-state index in [1.54, 1.807) is 4.90 Å². The second kappa shape index (κ2) is 6.74. The minimum atomic E-state index is -0.828. The van der Waals surface area contributed by atoms with E-state index in [2.05, 4.69) is 18.4 Å². The van der Waals surface area contributed by atoms with E-state index >= 15 is 0 Å². The Hall–Kier alpha value is -1.82. The van der Waals surface area contributed by atoms with Crippen molar-refractivity contribution >= 4 is 11.9 Å². The number of likely N-dealkylation sites (tertiary alicyclic amines) is 1. The second-order valence-electron chi connectivity index (χ2n) is 6.91. The van der Waals surface area contributed by atoms with Gasteiger partial charge < -0.3 is 19.5 Å². The Morgan fingerprint density at radius 2 is 1.96 bits per heavy atom. The van der Waals surface area contributed by atoms with Crippen molar-refractivity contribution in [1.82, 2.24) is 14.4 Å². The SMILES string of the molecule is Cc1c(C(=O)N2CC(C(=O)O)CC(N(C)C)C2)ccn1C(C)C. The molecule has 2 unspecified atom stereocenters. The second-order valence-corrected chi connectivity index (χ2v) is 6.91. The van der Waals surface area contributed by atoms with Gasteiger partial charge in [-0.3, -0.25) is 9.59 Å². The maximum atomic E-state index is 12.9. The van der Waals surface area contributed by atoms with Crippen LogP contribution in [0.4, 0.5) is 0 Å². The zero-order valence-electron chi connectivity index (χ0n) is 14.6. The lowest BCUT2D eigenvalue weighted by atomic mass is 9.93. The molecule has 1 aliphatic heterocycles. The van der Waals surface area contributed by atoms with Crippen LogP contribution in [-0.2, 0) is 4.79 Å². The average molecular weight is 321 g/mol. The van der Waals surface area contributed by atoms with Crippen molar-refractivity contribution in [3.05, 3.63) is 23.5 Å². The summed E-state index contributed by atoms with van der Waals surface area (Å²) < 4.78 is 2.06. The molecular formula is C17H27N3O3. The number of hydrogen-bond donors (Lipinski definition) is 1. The number of hydrogen-bond acceptors (Lipinski definition) is 3. The number of rotatable bonds is 4. The normalized spacial score (nSPS) is 22.0. The van der Waals surface area contributed by atoms with E-state index in [9.17, 15) is 14.7 Å². The number of carboxylic acid groups (broad SMARTS) is 1. The third-order valence-electron chi connectivity index (χ3n) is 4.76. The van der Waals surface area contributed by atoms with Crippen LogP contribution in [0.1, 0.15) is 42.4 Å². The number of aliphatic carboxylic acids is 1. The molecule has 0 aliphatic carbocycles. The highest BCUT2D eigenvalue weighted by atomic mass is 16.4. The summed E-state index contributed by atoms with van der Waals surface area (Å²) in [4.78, 5) is 28.0. The lowest BCUT2D eigenvalue weighted by Crippen LogP contribution is -2.52. The molecule has 2 atom stereocenters. The molecule has 1 aromatic rings. The standard InChI is InChI=1S/C17H27N3O3/c1-11(2)20-7-6-15(12(20)3)16(21)19-9-13(17(22)23)8-14(10-19)18(4)5/h6-7,11,13-14H,8-10H2,1-5H3,(H,22,23). The van der Waals surface area contributed by atoms with Gasteiger partial charge >= 0.3 is 5.97 Å². The summed E-state index contributed by atoms with van der Waals surface area (Å²) in [5.74, 6) is -1.40. The van der Waals surface area contributed by atoms with Crippen molar-refractivity contribution in [2.45, 2.75) is 39.3 Å². The van der Waals surface area contributed by atoms with Gasteiger partial charge in [-0.1, -0.05) is 0 Å². The summed E-state index contributed by atoms with van der Waals surface area (Å²) in [5, 5.41) is 9.38. The molecule has 1 fully saturated rings. The zero-order chi connectivity index (χ0) is 17.3. The quantitative estimate of drug-likeness (QED) is 0.919. The molecule has 1 saturated heterocycles. The van der Waals surface area contributed by atoms with E-state index in [1.165, 1.54) is 0 Å². The molecule has 0 spiro atoms. The Balaban J connectivity index is 2.25. The van der Waals surface area contributed by atoms with Crippen molar-refractivity contribution in [2.75, 3.05) is 27.2 Å². The molecule has 0 aromatic carbocycles. The average Bonchev–Trinajstić information content (AvgIpc) is 2.87. The minimum Gasteiger partial charge on any atom is -0.481 e. The van der Waals surface area contributed by atoms with E-state index in [-0.39, 0.29) is 18.5 Å². The first-order chi connectivity index (χ1) is 10.7. The van der Waals surface area contributed by atoms with Crippen molar-refractivity contribution in [2.24, 2.45) is 5.92 Å². The summed E-state index contributed by atoms with van der Waals surface area (Å²) in [7, 11) is 3.86. The topological polar surface area (TPSA) is 65.8 Å². The summed E-state index contributed by atoms with van der Waals surface area (Å²) in [6.07, 6.45) is 2.51. The number of carbonyl (C=O) groups excluding carboxylic acids is 1. The number of carbonyl (C=O) groups is 2. The first-order valence-electron chi connectivity index (χ1n) is 8.08. The van der Waals surface area contributed by atoms with E-state index in [1.807, 2.05) is 38.2 Å². The van der Waals surface area contributed by atoms with Gasteiger partial charge in [-0.05, 0) is 47.4 Å². The van der Waals surface area contributed by atoms with Crippen LogP contribution in [-0.4, -0.2) is 64.6 Å². The molecule has 2 heterocycles. The fourth-order valence-corrected chi connectivity index (χ4v) is 3.27. The van der Waals surface area contributed by atoms with Crippen LogP contribution in [0, 0.1) is 12.8 Å². The highest BCUT2D eigenvalue weighted by Crippen LogP contribution is 2.24. The molecule has 0 radical (unpaired) electrons. The van der Waals surface area contributed by atoms with Crippen LogP contribution in [0.5, 0.6) is 0 Å². The lowest BCUT2D eigenvalue weighted by Gasteiger charge is -2.39. The number of amides is 1. The molecule has 2 rings (SSSR count). The Kier molecular flexibility index (Phi) is 5.14. The molecule has 1 aromatic heterocycles. The monoisotopic (exact) mass is 321 g/mol. The first-order valence-corrected chi connectivity index (χ1v) is 8.08. The number of carboxylic acids is 1. The number of likely N-dealkylation sites (N-methyl/N-ethyl adjacent to an activating group) is 1. The van der Waals surface area contributed by atoms with Gasteiger partial charge in [0.1, 0.15) is 0 Å². The lowest BCUT2D eigenvalue weighted by molar-refractivity contribution is -0.144. The third kappa shape index (κ3) is 3.58. The molecule has 128 valence electrons. The Labute approximate surface area is 137 Å². The van der Waals surface area contributed by atoms with Crippen LogP contribution < -0.4 is 0 Å². The fraction of sp³-hybridized carbons (Fsp3) is 0.647. The van der Waals surface area contributed by atoms with Gasteiger partial charge in [0.05, 0.1) is 11.5 Å². The maximum Gasteiger partial charge on any atom is 0.308 e. The summed E-state index contributed by atoms with van der Waals surface area (Å²) >= 11 is 0. The van der Waals surface area contributed by atoms with Gasteiger partial charge in [-0.25, -0.2) is 0 Å². The van der Waals surface area contributed by atoms with Gasteiger partial charge in [-0.2, -0.15) is 0 Å². The van der Waals surface area contributed by atoms with Crippen LogP contribution in [0.2, 0.25) is 0 Å². The van der Waals surface area contributed by atoms with Crippen LogP contribution in [0.15, 0.2) is 12.3 Å². The van der Waals surface area contributed by atoms with Gasteiger partial charge in [-0.15, -0.1) is 0 Å². The van der Waals surface area contributed by atoms with E-state index in [4.69, 9.17) is 0 Å². The summed E-state index contributed by atoms with van der Waals surface area (Å²) in [6.45, 7) is 6.94. The Bertz CT molecular complexity index is 592. The Morgan fingerprint density at radius 3 is 2.43 bits per heavy atom. The molecule has 1 amide bonds. The molecule has 1 N–H and O–H groups in total. The minimum absolute atomic E-state index is 0.0697. The fourth-order valence-electron chi connectivity index (χ4n) is 3.27. The number of aromatic nitrogens is 1. The smallest absolute Gasteiger partial charge is 0.308 e. The Morgan fingerprint density at radius 1 is 1.30 bits per heavy atom. The molecule has 23 heavy (non-hydrogen) atoms. The molecule has 0 bridgehead atoms. The van der Waals surface area contributed by atoms with Crippen molar-refractivity contribution in [1.29, 1.82) is 0 Å². The highest BCUT2D eigenvalue weighted by molar-refractivity contribution is 5.95. The summed E-state index contributed by atoms with van der Waals surface area (Å²) in [6, 6.07) is 2.20.